The number of hydrogen-bond donors (Lipinski definition) is 1. The van der Waals surface area contributed by atoms with E-state index in [1.54, 1.807) is 0 Å². The van der Waals surface area contributed by atoms with Gasteiger partial charge in [0, 0.05) is 0 Å². The lowest BCUT2D eigenvalue weighted by Crippen LogP contribution is -2.32. The van der Waals surface area contributed by atoms with E-state index >= 15 is 0 Å². The highest BCUT2D eigenvalue weighted by Crippen LogP contribution is 2.21. The third-order valence-electron chi connectivity index (χ3n) is 4.31. The molecule has 0 radical (unpaired) electrons. The van der Waals surface area contributed by atoms with E-state index in [9.17, 15) is 4.79 Å². The molecule has 128 valence electrons. The third kappa shape index (κ3) is 4.38. The highest BCUT2D eigenvalue weighted by molar-refractivity contribution is 5.84. The van der Waals surface area contributed by atoms with Crippen molar-refractivity contribution in [1.82, 2.24) is 5.32 Å². The Labute approximate surface area is 148 Å². The molecule has 0 saturated heterocycles. The quantitative estimate of drug-likeness (QED) is 0.704. The highest BCUT2D eigenvalue weighted by atomic mass is 16.5. The Morgan fingerprint density at radius 2 is 1.72 bits per heavy atom. The molecule has 0 aliphatic rings. The van der Waals surface area contributed by atoms with Gasteiger partial charge in [-0.3, -0.25) is 4.79 Å². The zero-order valence-corrected chi connectivity index (χ0v) is 14.7. The highest BCUT2D eigenvalue weighted by Gasteiger charge is 2.13. The molecule has 1 amide bonds. The van der Waals surface area contributed by atoms with Crippen LogP contribution in [0.15, 0.2) is 66.7 Å². The largest absolute Gasteiger partial charge is 0.484 e. The van der Waals surface area contributed by atoms with E-state index in [4.69, 9.17) is 4.74 Å². The van der Waals surface area contributed by atoms with Gasteiger partial charge in [0.25, 0.3) is 5.91 Å². The first-order valence-corrected chi connectivity index (χ1v) is 8.63. The van der Waals surface area contributed by atoms with E-state index in [2.05, 4.69) is 49.5 Å². The maximum atomic E-state index is 12.3. The molecule has 0 bridgehead atoms. The van der Waals surface area contributed by atoms with Gasteiger partial charge in [-0.25, -0.2) is 0 Å². The Morgan fingerprint density at radius 1 is 1.00 bits per heavy atom. The maximum Gasteiger partial charge on any atom is 0.258 e. The second kappa shape index (κ2) is 7.84. The molecule has 0 saturated carbocycles. The van der Waals surface area contributed by atoms with Gasteiger partial charge in [0.15, 0.2) is 6.61 Å². The van der Waals surface area contributed by atoms with Crippen LogP contribution in [0.3, 0.4) is 0 Å². The lowest BCUT2D eigenvalue weighted by atomic mass is 10.0. The Kier molecular flexibility index (Phi) is 5.34. The number of amides is 1. The lowest BCUT2D eigenvalue weighted by molar-refractivity contribution is -0.123. The van der Waals surface area contributed by atoms with Crippen molar-refractivity contribution in [3.05, 3.63) is 77.9 Å². The van der Waals surface area contributed by atoms with Gasteiger partial charge in [0.2, 0.25) is 0 Å². The summed E-state index contributed by atoms with van der Waals surface area (Å²) in [5, 5.41) is 5.31. The minimum Gasteiger partial charge on any atom is -0.484 e. The van der Waals surface area contributed by atoms with Crippen LogP contribution >= 0.6 is 0 Å². The Morgan fingerprint density at radius 3 is 2.44 bits per heavy atom. The molecule has 3 aromatic rings. The predicted octanol–water partition coefficient (Wildman–Crippen LogP) is 4.79. The number of nitrogens with one attached hydrogen (secondary N) is 1. The summed E-state index contributed by atoms with van der Waals surface area (Å²) in [7, 11) is 0. The topological polar surface area (TPSA) is 38.3 Å². The SMILES string of the molecule is CC[C@@H](NC(=O)COc1ccc2ccccc2c1)c1ccc(C)cc1. The van der Waals surface area contributed by atoms with E-state index in [-0.39, 0.29) is 18.6 Å². The first-order chi connectivity index (χ1) is 12.2. The van der Waals surface area contributed by atoms with E-state index < -0.39 is 0 Å². The number of hydrogen-bond acceptors (Lipinski definition) is 2. The minimum absolute atomic E-state index is 0.00769. The van der Waals surface area contributed by atoms with Crippen LogP contribution in [-0.2, 0) is 4.79 Å². The fraction of sp³-hybridized carbons (Fsp3) is 0.227. The van der Waals surface area contributed by atoms with Crippen molar-refractivity contribution in [3.63, 3.8) is 0 Å². The molecule has 0 heterocycles. The van der Waals surface area contributed by atoms with Crippen molar-refractivity contribution in [3.8, 4) is 5.75 Å². The van der Waals surface area contributed by atoms with Crippen LogP contribution in [0, 0.1) is 6.92 Å². The van der Waals surface area contributed by atoms with Crippen LogP contribution in [-0.4, -0.2) is 12.5 Å². The monoisotopic (exact) mass is 333 g/mol. The molecule has 3 rings (SSSR count). The van der Waals surface area contributed by atoms with Crippen molar-refractivity contribution in [2.24, 2.45) is 0 Å². The molecule has 0 spiro atoms. The maximum absolute atomic E-state index is 12.3. The lowest BCUT2D eigenvalue weighted by Gasteiger charge is -2.18. The van der Waals surface area contributed by atoms with E-state index in [1.807, 2.05) is 36.4 Å². The molecule has 0 fully saturated rings. The number of carbonyl (C=O) groups excluding carboxylic acids is 1. The molecule has 1 N–H and O–H groups in total. The van der Waals surface area contributed by atoms with Gasteiger partial charge in [-0.15, -0.1) is 0 Å². The number of aryl methyl sites for hydroxylation is 1. The molecule has 0 aromatic heterocycles. The third-order valence-corrected chi connectivity index (χ3v) is 4.31. The number of benzene rings is 3. The molecule has 0 aliphatic carbocycles. The van der Waals surface area contributed by atoms with Gasteiger partial charge in [-0.05, 0) is 41.8 Å². The van der Waals surface area contributed by atoms with Crippen LogP contribution in [0.25, 0.3) is 10.8 Å². The zero-order chi connectivity index (χ0) is 17.6. The summed E-state index contributed by atoms with van der Waals surface area (Å²) in [6.45, 7) is 4.14. The van der Waals surface area contributed by atoms with Crippen LogP contribution in [0.4, 0.5) is 0 Å². The molecular formula is C22H23NO2. The summed E-state index contributed by atoms with van der Waals surface area (Å²) in [5.74, 6) is 0.595. The van der Waals surface area contributed by atoms with Crippen LogP contribution in [0.1, 0.15) is 30.5 Å². The molecule has 3 aromatic carbocycles. The average molecular weight is 333 g/mol. The minimum atomic E-state index is -0.111. The molecule has 3 nitrogen and oxygen atoms in total. The first-order valence-electron chi connectivity index (χ1n) is 8.63. The Balaban J connectivity index is 1.60. The van der Waals surface area contributed by atoms with E-state index in [1.165, 1.54) is 5.56 Å². The van der Waals surface area contributed by atoms with Crippen molar-refractivity contribution in [1.29, 1.82) is 0 Å². The number of rotatable bonds is 6. The summed E-state index contributed by atoms with van der Waals surface area (Å²) in [6.07, 6.45) is 0.838. The number of fused-ring (bicyclic) bond motifs is 1. The normalized spacial score (nSPS) is 11.9. The smallest absolute Gasteiger partial charge is 0.258 e. The van der Waals surface area contributed by atoms with Crippen molar-refractivity contribution >= 4 is 16.7 Å². The standard InChI is InChI=1S/C22H23NO2/c1-3-21(18-10-8-16(2)9-11-18)23-22(24)15-25-20-13-12-17-6-4-5-7-19(17)14-20/h4-14,21H,3,15H2,1-2H3,(H,23,24)/t21-/m1/s1. The first kappa shape index (κ1) is 17.0. The summed E-state index contributed by atoms with van der Waals surface area (Å²) in [4.78, 5) is 12.3. The molecule has 3 heteroatoms. The molecule has 0 aliphatic heterocycles. The fourth-order valence-electron chi connectivity index (χ4n) is 2.86. The van der Waals surface area contributed by atoms with Crippen molar-refractivity contribution in [2.75, 3.05) is 6.61 Å². The molecule has 1 atom stereocenters. The Hall–Kier alpha value is -2.81. The average Bonchev–Trinajstić information content (AvgIpc) is 2.65. The van der Waals surface area contributed by atoms with Gasteiger partial charge >= 0.3 is 0 Å². The molecule has 0 unspecified atom stereocenters. The van der Waals surface area contributed by atoms with Gasteiger partial charge in [0.1, 0.15) is 5.75 Å². The molecule has 25 heavy (non-hydrogen) atoms. The van der Waals surface area contributed by atoms with E-state index in [0.717, 1.165) is 22.8 Å². The van der Waals surface area contributed by atoms with E-state index in [0.29, 0.717) is 5.75 Å². The van der Waals surface area contributed by atoms with Crippen molar-refractivity contribution in [2.45, 2.75) is 26.3 Å². The summed E-state index contributed by atoms with van der Waals surface area (Å²) < 4.78 is 5.66. The second-order valence-electron chi connectivity index (χ2n) is 6.24. The number of ether oxygens (including phenoxy) is 1. The van der Waals surface area contributed by atoms with Gasteiger partial charge in [-0.2, -0.15) is 0 Å². The van der Waals surface area contributed by atoms with Crippen LogP contribution in [0.5, 0.6) is 5.75 Å². The second-order valence-corrected chi connectivity index (χ2v) is 6.24. The molecular weight excluding hydrogens is 310 g/mol. The fourth-order valence-corrected chi connectivity index (χ4v) is 2.86. The summed E-state index contributed by atoms with van der Waals surface area (Å²) in [6, 6.07) is 22.2. The summed E-state index contributed by atoms with van der Waals surface area (Å²) in [5.41, 5.74) is 2.33. The zero-order valence-electron chi connectivity index (χ0n) is 14.7. The van der Waals surface area contributed by atoms with Crippen LogP contribution < -0.4 is 10.1 Å². The summed E-state index contributed by atoms with van der Waals surface area (Å²) >= 11 is 0. The van der Waals surface area contributed by atoms with Gasteiger partial charge in [0.05, 0.1) is 6.04 Å². The van der Waals surface area contributed by atoms with Gasteiger partial charge in [-0.1, -0.05) is 67.1 Å². The Bertz CT molecular complexity index is 855. The van der Waals surface area contributed by atoms with Gasteiger partial charge < -0.3 is 10.1 Å². The predicted molar refractivity (Wildman–Crippen MR) is 102 cm³/mol. The number of carbonyl (C=O) groups is 1. The van der Waals surface area contributed by atoms with Crippen LogP contribution in [0.2, 0.25) is 0 Å². The van der Waals surface area contributed by atoms with Crippen molar-refractivity contribution < 1.29 is 9.53 Å².